The van der Waals surface area contributed by atoms with Crippen molar-refractivity contribution in [3.63, 3.8) is 0 Å². The molecule has 0 saturated heterocycles. The van der Waals surface area contributed by atoms with E-state index in [4.69, 9.17) is 5.73 Å². The Kier molecular flexibility index (Phi) is 3.08. The second-order valence-electron chi connectivity index (χ2n) is 2.45. The van der Waals surface area contributed by atoms with Crippen molar-refractivity contribution in [2.75, 3.05) is 12.8 Å². The van der Waals surface area contributed by atoms with E-state index in [2.05, 4.69) is 16.6 Å². The quantitative estimate of drug-likeness (QED) is 0.379. The number of nitrogen functional groups attached to an aromatic ring is 1. The van der Waals surface area contributed by atoms with Gasteiger partial charge in [0.1, 0.15) is 5.82 Å². The van der Waals surface area contributed by atoms with E-state index in [0.717, 1.165) is 0 Å². The summed E-state index contributed by atoms with van der Waals surface area (Å²) < 4.78 is 17.3. The molecule has 2 N–H and O–H groups in total. The molecule has 4 heteroatoms. The van der Waals surface area contributed by atoms with Crippen molar-refractivity contribution < 1.29 is 13.9 Å². The number of nitrogens with two attached hydrogens (primary N) is 1. The highest BCUT2D eigenvalue weighted by Gasteiger charge is 2.02. The van der Waals surface area contributed by atoms with Gasteiger partial charge in [-0.25, -0.2) is 9.18 Å². The Labute approximate surface area is 80.7 Å². The number of halogens is 1. The molecule has 3 nitrogen and oxygen atoms in total. The molecule has 0 radical (unpaired) electrons. The summed E-state index contributed by atoms with van der Waals surface area (Å²) in [6, 6.07) is 4.19. The molecular formula is C10H8FNO2. The van der Waals surface area contributed by atoms with Crippen molar-refractivity contribution in [3.05, 3.63) is 29.6 Å². The molecule has 0 unspecified atom stereocenters. The SMILES string of the molecule is COC(=O)C#Cc1c(N)cccc1F. The van der Waals surface area contributed by atoms with Crippen molar-refractivity contribution in [1.29, 1.82) is 0 Å². The van der Waals surface area contributed by atoms with Gasteiger partial charge in [0.05, 0.1) is 18.4 Å². The lowest BCUT2D eigenvalue weighted by Gasteiger charge is -1.97. The highest BCUT2D eigenvalue weighted by Crippen LogP contribution is 2.13. The van der Waals surface area contributed by atoms with Gasteiger partial charge in [-0.1, -0.05) is 6.07 Å². The highest BCUT2D eigenvalue weighted by molar-refractivity contribution is 5.89. The fraction of sp³-hybridized carbons (Fsp3) is 0.100. The van der Waals surface area contributed by atoms with E-state index in [1.807, 2.05) is 0 Å². The normalized spacial score (nSPS) is 8.71. The zero-order valence-corrected chi connectivity index (χ0v) is 7.50. The molecule has 0 saturated carbocycles. The van der Waals surface area contributed by atoms with Gasteiger partial charge in [0.2, 0.25) is 0 Å². The summed E-state index contributed by atoms with van der Waals surface area (Å²) in [4.78, 5) is 10.6. The minimum atomic E-state index is -0.729. The standard InChI is InChI=1S/C10H8FNO2/c1-14-10(13)6-5-7-8(11)3-2-4-9(7)12/h2-4H,12H2,1H3. The molecule has 14 heavy (non-hydrogen) atoms. The second kappa shape index (κ2) is 4.28. The smallest absolute Gasteiger partial charge is 0.384 e. The van der Waals surface area contributed by atoms with Gasteiger partial charge in [-0.05, 0) is 18.1 Å². The summed E-state index contributed by atoms with van der Waals surface area (Å²) >= 11 is 0. The molecule has 0 aliphatic heterocycles. The van der Waals surface area contributed by atoms with E-state index in [-0.39, 0.29) is 11.3 Å². The summed E-state index contributed by atoms with van der Waals surface area (Å²) in [5.74, 6) is 3.12. The van der Waals surface area contributed by atoms with Crippen LogP contribution in [0, 0.1) is 17.7 Å². The van der Waals surface area contributed by atoms with Gasteiger partial charge in [-0.15, -0.1) is 0 Å². The van der Waals surface area contributed by atoms with Crippen molar-refractivity contribution in [1.82, 2.24) is 0 Å². The molecule has 0 aromatic heterocycles. The van der Waals surface area contributed by atoms with Crippen LogP contribution in [0.4, 0.5) is 10.1 Å². The first-order valence-corrected chi connectivity index (χ1v) is 3.79. The predicted molar refractivity (Wildman–Crippen MR) is 49.7 cm³/mol. The third-order valence-electron chi connectivity index (χ3n) is 1.52. The number of carbonyl (C=O) groups is 1. The molecule has 0 bridgehead atoms. The predicted octanol–water partition coefficient (Wildman–Crippen LogP) is 0.932. The molecule has 1 aromatic rings. The van der Waals surface area contributed by atoms with Crippen LogP contribution in [0.25, 0.3) is 0 Å². The molecule has 0 heterocycles. The second-order valence-corrected chi connectivity index (χ2v) is 2.45. The van der Waals surface area contributed by atoms with Crippen LogP contribution in [0.15, 0.2) is 18.2 Å². The van der Waals surface area contributed by atoms with Crippen LogP contribution in [0.2, 0.25) is 0 Å². The van der Waals surface area contributed by atoms with Crippen LogP contribution >= 0.6 is 0 Å². The van der Waals surface area contributed by atoms with Crippen LogP contribution in [0.3, 0.4) is 0 Å². The number of ether oxygens (including phenoxy) is 1. The van der Waals surface area contributed by atoms with Gasteiger partial charge in [0.15, 0.2) is 0 Å². The summed E-state index contributed by atoms with van der Waals surface area (Å²) in [5, 5.41) is 0. The average molecular weight is 193 g/mol. The molecule has 0 spiro atoms. The number of methoxy groups -OCH3 is 1. The summed E-state index contributed by atoms with van der Waals surface area (Å²) in [7, 11) is 1.20. The van der Waals surface area contributed by atoms with Gasteiger partial charge in [0, 0.05) is 5.92 Å². The summed E-state index contributed by atoms with van der Waals surface area (Å²) in [6.07, 6.45) is 0. The van der Waals surface area contributed by atoms with Crippen LogP contribution < -0.4 is 5.73 Å². The minimum absolute atomic E-state index is 0.0119. The van der Waals surface area contributed by atoms with E-state index < -0.39 is 11.8 Å². The Morgan fingerprint density at radius 1 is 1.57 bits per heavy atom. The zero-order chi connectivity index (χ0) is 10.6. The Hall–Kier alpha value is -2.02. The topological polar surface area (TPSA) is 52.3 Å². The molecule has 0 fully saturated rings. The van der Waals surface area contributed by atoms with Gasteiger partial charge >= 0.3 is 5.97 Å². The molecule has 72 valence electrons. The van der Waals surface area contributed by atoms with Crippen LogP contribution in [-0.2, 0) is 9.53 Å². The first-order valence-electron chi connectivity index (χ1n) is 3.79. The molecule has 1 rings (SSSR count). The van der Waals surface area contributed by atoms with Crippen molar-refractivity contribution in [2.24, 2.45) is 0 Å². The van der Waals surface area contributed by atoms with E-state index in [0.29, 0.717) is 0 Å². The lowest BCUT2D eigenvalue weighted by atomic mass is 10.2. The first kappa shape index (κ1) is 10.1. The van der Waals surface area contributed by atoms with Gasteiger partial charge in [0.25, 0.3) is 0 Å². The highest BCUT2D eigenvalue weighted by atomic mass is 19.1. The third-order valence-corrected chi connectivity index (χ3v) is 1.52. The van der Waals surface area contributed by atoms with Crippen molar-refractivity contribution in [2.45, 2.75) is 0 Å². The maximum atomic E-state index is 13.1. The molecule has 0 aliphatic rings. The average Bonchev–Trinajstić information content (AvgIpc) is 2.16. The molecule has 0 aliphatic carbocycles. The number of rotatable bonds is 0. The monoisotopic (exact) mass is 193 g/mol. The van der Waals surface area contributed by atoms with Crippen molar-refractivity contribution in [3.8, 4) is 11.8 Å². The molecule has 0 atom stereocenters. The van der Waals surface area contributed by atoms with Crippen molar-refractivity contribution >= 4 is 11.7 Å². The maximum absolute atomic E-state index is 13.1. The molecule has 1 aromatic carbocycles. The number of carbonyl (C=O) groups excluding carboxylic acids is 1. The Morgan fingerprint density at radius 2 is 2.29 bits per heavy atom. The lowest BCUT2D eigenvalue weighted by Crippen LogP contribution is -1.97. The Balaban J connectivity index is 3.06. The van der Waals surface area contributed by atoms with Gasteiger partial charge < -0.3 is 10.5 Å². The van der Waals surface area contributed by atoms with Crippen LogP contribution in [-0.4, -0.2) is 13.1 Å². The molecule has 0 amide bonds. The number of anilines is 1. The van der Waals surface area contributed by atoms with E-state index in [1.165, 1.54) is 25.3 Å². The fourth-order valence-electron chi connectivity index (χ4n) is 0.837. The number of hydrogen-bond donors (Lipinski definition) is 1. The fourth-order valence-corrected chi connectivity index (χ4v) is 0.837. The Morgan fingerprint density at radius 3 is 2.86 bits per heavy atom. The van der Waals surface area contributed by atoms with Gasteiger partial charge in [-0.2, -0.15) is 0 Å². The zero-order valence-electron chi connectivity index (χ0n) is 7.50. The number of hydrogen-bond acceptors (Lipinski definition) is 3. The summed E-state index contributed by atoms with van der Waals surface area (Å²) in [5.41, 5.74) is 5.66. The van der Waals surface area contributed by atoms with Gasteiger partial charge in [-0.3, -0.25) is 0 Å². The van der Waals surface area contributed by atoms with Crippen LogP contribution in [0.5, 0.6) is 0 Å². The largest absolute Gasteiger partial charge is 0.459 e. The van der Waals surface area contributed by atoms with E-state index in [1.54, 1.807) is 0 Å². The summed E-state index contributed by atoms with van der Waals surface area (Å²) in [6.45, 7) is 0. The third kappa shape index (κ3) is 2.23. The van der Waals surface area contributed by atoms with E-state index >= 15 is 0 Å². The molecular weight excluding hydrogens is 185 g/mol. The number of esters is 1. The minimum Gasteiger partial charge on any atom is -0.459 e. The van der Waals surface area contributed by atoms with E-state index in [9.17, 15) is 9.18 Å². The number of benzene rings is 1. The van der Waals surface area contributed by atoms with Crippen LogP contribution in [0.1, 0.15) is 5.56 Å². The Bertz CT molecular complexity index is 398. The first-order chi connectivity index (χ1) is 6.65. The lowest BCUT2D eigenvalue weighted by molar-refractivity contribution is -0.133. The maximum Gasteiger partial charge on any atom is 0.384 e.